The topological polar surface area (TPSA) is 167 Å². The minimum atomic E-state index is -3.20. The number of nitrogens with one attached hydrogen (secondary N) is 1. The van der Waals surface area contributed by atoms with Crippen molar-refractivity contribution in [1.29, 1.82) is 0 Å². The van der Waals surface area contributed by atoms with Crippen LogP contribution in [0.25, 0.3) is 0 Å². The lowest BCUT2D eigenvalue weighted by atomic mass is 9.80. The maximum Gasteiger partial charge on any atom is 0.330 e. The van der Waals surface area contributed by atoms with Crippen LogP contribution in [-0.4, -0.2) is 78.4 Å². The molecule has 0 saturated carbocycles. The number of ether oxygens (including phenoxy) is 6. The van der Waals surface area contributed by atoms with Gasteiger partial charge >= 0.3 is 23.7 Å². The number of benzene rings is 3. The fourth-order valence-corrected chi connectivity index (χ4v) is 7.84. The molecule has 54 heavy (non-hydrogen) atoms. The van der Waals surface area contributed by atoms with E-state index in [-0.39, 0.29) is 31.1 Å². The Morgan fingerprint density at radius 1 is 0.815 bits per heavy atom. The summed E-state index contributed by atoms with van der Waals surface area (Å²) in [5.74, 6) is 1.35. The van der Waals surface area contributed by atoms with Gasteiger partial charge in [0.05, 0.1) is 41.2 Å². The lowest BCUT2D eigenvalue weighted by Gasteiger charge is -2.37. The fraction of sp³-hybridized carbons (Fsp3) is 0.324. The van der Waals surface area contributed by atoms with Gasteiger partial charge < -0.3 is 37.5 Å². The number of methoxy groups -OCH3 is 4. The van der Waals surface area contributed by atoms with E-state index in [0.29, 0.717) is 17.1 Å². The molecule has 1 N–H and O–H groups in total. The summed E-state index contributed by atoms with van der Waals surface area (Å²) in [4.78, 5) is 40.0. The fourth-order valence-electron chi connectivity index (χ4n) is 6.17. The zero-order valence-electron chi connectivity index (χ0n) is 30.5. The van der Waals surface area contributed by atoms with Gasteiger partial charge in [-0.1, -0.05) is 54.6 Å². The molecule has 1 fully saturated rings. The predicted molar refractivity (Wildman–Crippen MR) is 201 cm³/mol. The number of hydrogen-bond donors (Lipinski definition) is 1. The average molecular weight is 778 g/mol. The first-order chi connectivity index (χ1) is 26.0. The Bertz CT molecular complexity index is 2150. The van der Waals surface area contributed by atoms with Gasteiger partial charge in [0.15, 0.2) is 0 Å². The molecule has 17 heteroatoms. The van der Waals surface area contributed by atoms with E-state index in [1.807, 2.05) is 78.9 Å². The molecular formula is C37H40N5O10PS. The first kappa shape index (κ1) is 38.6. The molecule has 0 spiro atoms. The monoisotopic (exact) mass is 777 g/mol. The number of aromatic amines is 1. The minimum Gasteiger partial charge on any atom is -0.497 e. The summed E-state index contributed by atoms with van der Waals surface area (Å²) < 4.78 is 48.9. The molecule has 6 rings (SSSR count). The van der Waals surface area contributed by atoms with Gasteiger partial charge in [-0.3, -0.25) is 14.3 Å². The summed E-state index contributed by atoms with van der Waals surface area (Å²) in [7, 11) is 6.00. The zero-order chi connectivity index (χ0) is 38.5. The van der Waals surface area contributed by atoms with Gasteiger partial charge in [-0.2, -0.15) is 0 Å². The van der Waals surface area contributed by atoms with Crippen molar-refractivity contribution in [2.45, 2.75) is 37.4 Å². The van der Waals surface area contributed by atoms with Gasteiger partial charge in [0.2, 0.25) is 6.49 Å². The Kier molecular flexibility index (Phi) is 11.8. The second-order valence-corrected chi connectivity index (χ2v) is 16.2. The van der Waals surface area contributed by atoms with E-state index in [4.69, 9.17) is 49.3 Å². The zero-order valence-corrected chi connectivity index (χ0v) is 32.2. The molecule has 0 radical (unpaired) electrons. The highest BCUT2D eigenvalue weighted by molar-refractivity contribution is 8.09. The summed E-state index contributed by atoms with van der Waals surface area (Å²) in [5, 5.41) is 0. The third-order valence-corrected chi connectivity index (χ3v) is 10.4. The number of aryl methyl sites for hydroxylation is 1. The van der Waals surface area contributed by atoms with Gasteiger partial charge in [0, 0.05) is 24.8 Å². The molecule has 15 nitrogen and oxygen atoms in total. The molecule has 5 aromatic rings. The van der Waals surface area contributed by atoms with Crippen LogP contribution in [0.3, 0.4) is 0 Å². The van der Waals surface area contributed by atoms with Gasteiger partial charge in [-0.05, 0) is 59.7 Å². The molecule has 4 atom stereocenters. The molecule has 0 amide bonds. The molecular weight excluding hydrogens is 737 g/mol. The first-order valence-corrected chi connectivity index (χ1v) is 19.8. The average Bonchev–Trinajstić information content (AvgIpc) is 3.57. The van der Waals surface area contributed by atoms with Crippen molar-refractivity contribution in [2.24, 2.45) is 0 Å². The molecule has 284 valence electrons. The van der Waals surface area contributed by atoms with Crippen molar-refractivity contribution >= 4 is 18.3 Å². The first-order valence-electron chi connectivity index (χ1n) is 16.7. The predicted octanol–water partition coefficient (Wildman–Crippen LogP) is 4.76. The van der Waals surface area contributed by atoms with Crippen LogP contribution in [-0.2, 0) is 31.4 Å². The third kappa shape index (κ3) is 8.32. The van der Waals surface area contributed by atoms with Crippen molar-refractivity contribution in [1.82, 2.24) is 24.5 Å². The quantitative estimate of drug-likeness (QED) is 0.114. The SMILES string of the molecule is COc1ccc(C(OC[C@H]2O[C@@H](n3cc(C)c(=O)[nH]c3=O)C[C@@H]2O[P@](C)(=S)Oc2nc(OC)nc(OC)n2)(c2ccccc2)c2ccc(OC)cc2)cc1. The summed E-state index contributed by atoms with van der Waals surface area (Å²) in [6.07, 6.45) is -0.816. The number of hydrogen-bond acceptors (Lipinski definition) is 14. The molecule has 3 aromatic carbocycles. The number of H-pyrrole nitrogens is 1. The maximum atomic E-state index is 13.1. The van der Waals surface area contributed by atoms with Gasteiger partial charge in [-0.15, -0.1) is 15.0 Å². The maximum absolute atomic E-state index is 13.1. The molecule has 0 unspecified atom stereocenters. The second-order valence-electron chi connectivity index (χ2n) is 12.3. The highest BCUT2D eigenvalue weighted by Crippen LogP contribution is 2.50. The van der Waals surface area contributed by atoms with Crippen molar-refractivity contribution in [3.63, 3.8) is 0 Å². The highest BCUT2D eigenvalue weighted by Gasteiger charge is 2.44. The Balaban J connectivity index is 1.40. The van der Waals surface area contributed by atoms with Crippen LogP contribution >= 0.6 is 6.49 Å². The van der Waals surface area contributed by atoms with Crippen LogP contribution in [0.15, 0.2) is 94.6 Å². The van der Waals surface area contributed by atoms with Crippen LogP contribution < -0.4 is 34.7 Å². The van der Waals surface area contributed by atoms with E-state index in [1.54, 1.807) is 27.8 Å². The standard InChI is InChI=1S/C37H40N5O10PS/c1-23-21-42(36(44)38-32(23)43)31-20-29(51-53(6,54)52-35-40-33(47-4)39-34(41-35)48-5)30(50-31)22-49-37(24-10-8-7-9-11-24,25-12-16-27(45-2)17-13-25)26-14-18-28(46-3)19-15-26/h7-19,21,29-31H,20,22H2,1-6H3,(H,38,43,44)/t29-,30+,31+,53-/m0/s1. The Labute approximate surface area is 316 Å². The van der Waals surface area contributed by atoms with Crippen LogP contribution in [0.4, 0.5) is 0 Å². The summed E-state index contributed by atoms with van der Waals surface area (Å²) in [6, 6.07) is 24.8. The van der Waals surface area contributed by atoms with Crippen LogP contribution in [0.2, 0.25) is 0 Å². The van der Waals surface area contributed by atoms with E-state index in [1.165, 1.54) is 25.0 Å². The largest absolute Gasteiger partial charge is 0.497 e. The molecule has 0 aliphatic carbocycles. The number of nitrogens with zero attached hydrogens (tertiary/aromatic N) is 4. The van der Waals surface area contributed by atoms with Crippen LogP contribution in [0.1, 0.15) is 34.9 Å². The van der Waals surface area contributed by atoms with E-state index in [0.717, 1.165) is 16.7 Å². The van der Waals surface area contributed by atoms with Crippen molar-refractivity contribution in [3.05, 3.63) is 128 Å². The number of aromatic nitrogens is 5. The van der Waals surface area contributed by atoms with Crippen molar-refractivity contribution in [2.75, 3.05) is 41.7 Å². The highest BCUT2D eigenvalue weighted by atomic mass is 32.5. The van der Waals surface area contributed by atoms with Crippen LogP contribution in [0, 0.1) is 6.92 Å². The number of rotatable bonds is 15. The van der Waals surface area contributed by atoms with Crippen molar-refractivity contribution < 1.29 is 37.5 Å². The lowest BCUT2D eigenvalue weighted by Crippen LogP contribution is -2.38. The van der Waals surface area contributed by atoms with Crippen molar-refractivity contribution in [3.8, 4) is 29.5 Å². The van der Waals surface area contributed by atoms with E-state index >= 15 is 0 Å². The second kappa shape index (κ2) is 16.5. The van der Waals surface area contributed by atoms with Gasteiger partial charge in [-0.25, -0.2) is 4.79 Å². The normalized spacial score (nSPS) is 18.1. The molecule has 1 aliphatic heterocycles. The van der Waals surface area contributed by atoms with E-state index < -0.39 is 41.8 Å². The molecule has 1 aliphatic rings. The van der Waals surface area contributed by atoms with E-state index in [9.17, 15) is 9.59 Å². The Hall–Kier alpha value is -5.12. The summed E-state index contributed by atoms with van der Waals surface area (Å²) >= 11 is 5.88. The van der Waals surface area contributed by atoms with Gasteiger partial charge in [0.25, 0.3) is 5.56 Å². The van der Waals surface area contributed by atoms with E-state index in [2.05, 4.69) is 19.9 Å². The Morgan fingerprint density at radius 3 is 1.89 bits per heavy atom. The summed E-state index contributed by atoms with van der Waals surface area (Å²) in [6.45, 7) is -0.0275. The molecule has 1 saturated heterocycles. The lowest BCUT2D eigenvalue weighted by molar-refractivity contribution is -0.0914. The minimum absolute atomic E-state index is 0.0375. The summed E-state index contributed by atoms with van der Waals surface area (Å²) in [5.41, 5.74) is 0.470. The van der Waals surface area contributed by atoms with Crippen LogP contribution in [0.5, 0.6) is 29.5 Å². The van der Waals surface area contributed by atoms with Gasteiger partial charge in [0.1, 0.15) is 29.4 Å². The third-order valence-electron chi connectivity index (χ3n) is 8.79. The molecule has 2 aromatic heterocycles. The Morgan fingerprint density at radius 2 is 1.35 bits per heavy atom. The smallest absolute Gasteiger partial charge is 0.330 e. The molecule has 3 heterocycles. The molecule has 0 bridgehead atoms.